The largest absolute Gasteiger partial charge is 0.360 e. The fourth-order valence-corrected chi connectivity index (χ4v) is 4.90. The molecule has 2 aromatic carbocycles. The van der Waals surface area contributed by atoms with Crippen LogP contribution in [0.4, 0.5) is 0 Å². The molecule has 3 heterocycles. The van der Waals surface area contributed by atoms with Gasteiger partial charge in [-0.1, -0.05) is 51.5 Å². The van der Waals surface area contributed by atoms with Crippen LogP contribution in [0.25, 0.3) is 33.1 Å². The maximum Gasteiger partial charge on any atom is 0.252 e. The van der Waals surface area contributed by atoms with Crippen LogP contribution in [-0.4, -0.2) is 53.5 Å². The molecule has 1 amide bonds. The van der Waals surface area contributed by atoms with Crippen LogP contribution >= 0.6 is 27.5 Å². The molecule has 1 aliphatic heterocycles. The number of nitrogens with two attached hydrogens (primary N) is 1. The Balaban J connectivity index is 1.60. The lowest BCUT2D eigenvalue weighted by atomic mass is 10.0. The molecular weight excluding hydrogens is 538 g/mol. The van der Waals surface area contributed by atoms with Gasteiger partial charge >= 0.3 is 0 Å². The molecule has 5 rings (SSSR count). The van der Waals surface area contributed by atoms with Crippen LogP contribution < -0.4 is 11.1 Å². The van der Waals surface area contributed by atoms with Crippen molar-refractivity contribution in [1.82, 2.24) is 20.2 Å². The Morgan fingerprint density at radius 1 is 1.22 bits per heavy atom. The molecule has 0 spiro atoms. The zero-order valence-corrected chi connectivity index (χ0v) is 21.9. The van der Waals surface area contributed by atoms with Gasteiger partial charge in [-0.15, -0.1) is 0 Å². The third-order valence-electron chi connectivity index (χ3n) is 6.16. The van der Waals surface area contributed by atoms with E-state index in [1.807, 2.05) is 36.5 Å². The summed E-state index contributed by atoms with van der Waals surface area (Å²) in [5.41, 5.74) is 10.0. The first-order valence-electron chi connectivity index (χ1n) is 11.8. The van der Waals surface area contributed by atoms with Crippen LogP contribution in [-0.2, 0) is 0 Å². The standard InChI is InChI=1S/C28H25BrClN5O/c29-19-6-7-25-21(14-19)23(17-33-25)26-15-22(28(36)32-9-8-31)20-13-18(24(30)16-27(20)34-26)5-4-12-35-10-2-1-3-11-35/h1-2,6-7,13-17,33H,3,8-12,31H2,(H,32,36). The number of H-pyrrole nitrogens is 1. The summed E-state index contributed by atoms with van der Waals surface area (Å²) in [5, 5.41) is 5.10. The summed E-state index contributed by atoms with van der Waals surface area (Å²) in [6, 6.07) is 11.5. The molecule has 0 saturated carbocycles. The van der Waals surface area contributed by atoms with E-state index in [-0.39, 0.29) is 5.91 Å². The number of halogens is 2. The van der Waals surface area contributed by atoms with Gasteiger partial charge in [0, 0.05) is 64.3 Å². The number of fused-ring (bicyclic) bond motifs is 2. The van der Waals surface area contributed by atoms with E-state index in [0.717, 1.165) is 40.4 Å². The van der Waals surface area contributed by atoms with E-state index in [4.69, 9.17) is 22.3 Å². The van der Waals surface area contributed by atoms with Crippen molar-refractivity contribution in [3.8, 4) is 23.1 Å². The second-order valence-electron chi connectivity index (χ2n) is 8.64. The van der Waals surface area contributed by atoms with E-state index in [1.54, 1.807) is 6.07 Å². The van der Waals surface area contributed by atoms with Crippen LogP contribution in [0.5, 0.6) is 0 Å². The third kappa shape index (κ3) is 5.18. The molecule has 0 aliphatic carbocycles. The zero-order chi connectivity index (χ0) is 25.1. The molecule has 6 nitrogen and oxygen atoms in total. The van der Waals surface area contributed by atoms with Crippen molar-refractivity contribution in [2.24, 2.45) is 5.73 Å². The summed E-state index contributed by atoms with van der Waals surface area (Å²) in [7, 11) is 0. The second kappa shape index (κ2) is 10.9. The quantitative estimate of drug-likeness (QED) is 0.233. The van der Waals surface area contributed by atoms with Crippen molar-refractivity contribution in [3.05, 3.63) is 75.4 Å². The molecule has 0 unspecified atom stereocenters. The lowest BCUT2D eigenvalue weighted by Gasteiger charge is -2.19. The number of pyridine rings is 1. The fourth-order valence-electron chi connectivity index (χ4n) is 4.33. The molecule has 1 aliphatic rings. The minimum absolute atomic E-state index is 0.212. The lowest BCUT2D eigenvalue weighted by Crippen LogP contribution is -2.29. The average Bonchev–Trinajstić information content (AvgIpc) is 3.30. The summed E-state index contributed by atoms with van der Waals surface area (Å²) < 4.78 is 0.962. The van der Waals surface area contributed by atoms with Gasteiger partial charge in [0.15, 0.2) is 0 Å². The topological polar surface area (TPSA) is 87.0 Å². The molecule has 4 aromatic rings. The number of nitrogens with one attached hydrogen (secondary N) is 2. The number of rotatable bonds is 5. The van der Waals surface area contributed by atoms with Crippen molar-refractivity contribution in [2.45, 2.75) is 6.42 Å². The van der Waals surface area contributed by atoms with Gasteiger partial charge in [-0.2, -0.15) is 0 Å². The van der Waals surface area contributed by atoms with Crippen molar-refractivity contribution in [3.63, 3.8) is 0 Å². The van der Waals surface area contributed by atoms with Crippen molar-refractivity contribution in [1.29, 1.82) is 0 Å². The normalized spacial score (nSPS) is 13.6. The number of nitrogens with zero attached hydrogens (tertiary/aromatic N) is 2. The number of carbonyl (C=O) groups excluding carboxylic acids is 1. The first-order valence-corrected chi connectivity index (χ1v) is 13.0. The SMILES string of the molecule is NCCNC(=O)c1cc(-c2c[nH]c3ccc(Br)cc23)nc2cc(Cl)c(C#CCN3CC=CCC3)cc12. The Hall–Kier alpha value is -3.15. The van der Waals surface area contributed by atoms with Crippen LogP contribution in [0, 0.1) is 11.8 Å². The van der Waals surface area contributed by atoms with E-state index in [0.29, 0.717) is 52.4 Å². The molecule has 0 radical (unpaired) electrons. The van der Waals surface area contributed by atoms with E-state index in [1.165, 1.54) is 0 Å². The molecule has 2 aromatic heterocycles. The van der Waals surface area contributed by atoms with Gasteiger partial charge < -0.3 is 16.0 Å². The van der Waals surface area contributed by atoms with Crippen molar-refractivity contribution in [2.75, 3.05) is 32.7 Å². The Bertz CT molecular complexity index is 1550. The van der Waals surface area contributed by atoms with Crippen LogP contribution in [0.1, 0.15) is 22.3 Å². The monoisotopic (exact) mass is 561 g/mol. The smallest absolute Gasteiger partial charge is 0.252 e. The zero-order valence-electron chi connectivity index (χ0n) is 19.6. The molecule has 0 bridgehead atoms. The summed E-state index contributed by atoms with van der Waals surface area (Å²) in [4.78, 5) is 23.6. The molecule has 0 fully saturated rings. The highest BCUT2D eigenvalue weighted by molar-refractivity contribution is 9.10. The molecule has 0 saturated heterocycles. The summed E-state index contributed by atoms with van der Waals surface area (Å²) >= 11 is 10.2. The Morgan fingerprint density at radius 2 is 2.11 bits per heavy atom. The molecule has 8 heteroatoms. The Morgan fingerprint density at radius 3 is 2.92 bits per heavy atom. The highest BCUT2D eigenvalue weighted by Crippen LogP contribution is 2.33. The van der Waals surface area contributed by atoms with Gasteiger partial charge in [0.2, 0.25) is 0 Å². The molecule has 182 valence electrons. The van der Waals surface area contributed by atoms with Gasteiger partial charge in [0.1, 0.15) is 0 Å². The van der Waals surface area contributed by atoms with Crippen molar-refractivity contribution < 1.29 is 4.79 Å². The predicted octanol–water partition coefficient (Wildman–Crippen LogP) is 5.10. The molecule has 4 N–H and O–H groups in total. The van der Waals surface area contributed by atoms with Gasteiger partial charge in [0.25, 0.3) is 5.91 Å². The third-order valence-corrected chi connectivity index (χ3v) is 6.97. The fraction of sp³-hybridized carbons (Fsp3) is 0.214. The van der Waals surface area contributed by atoms with Crippen LogP contribution in [0.3, 0.4) is 0 Å². The van der Waals surface area contributed by atoms with Gasteiger partial charge in [0.05, 0.1) is 28.3 Å². The van der Waals surface area contributed by atoms with Crippen LogP contribution in [0.15, 0.2) is 59.2 Å². The van der Waals surface area contributed by atoms with Crippen LogP contribution in [0.2, 0.25) is 5.02 Å². The minimum Gasteiger partial charge on any atom is -0.360 e. The highest BCUT2D eigenvalue weighted by atomic mass is 79.9. The predicted molar refractivity (Wildman–Crippen MR) is 150 cm³/mol. The first-order chi connectivity index (χ1) is 17.5. The van der Waals surface area contributed by atoms with E-state index < -0.39 is 0 Å². The number of hydrogen-bond acceptors (Lipinski definition) is 4. The maximum atomic E-state index is 13.2. The number of hydrogen-bond donors (Lipinski definition) is 3. The first kappa shape index (κ1) is 24.5. The maximum absolute atomic E-state index is 13.2. The molecular formula is C28H25BrClN5O. The van der Waals surface area contributed by atoms with E-state index in [9.17, 15) is 4.79 Å². The summed E-state index contributed by atoms with van der Waals surface area (Å²) in [5.74, 6) is 6.22. The summed E-state index contributed by atoms with van der Waals surface area (Å²) in [6.45, 7) is 3.30. The summed E-state index contributed by atoms with van der Waals surface area (Å²) in [6.07, 6.45) is 7.30. The Kier molecular flexibility index (Phi) is 7.40. The van der Waals surface area contributed by atoms with E-state index >= 15 is 0 Å². The van der Waals surface area contributed by atoms with Crippen molar-refractivity contribution >= 4 is 55.2 Å². The number of aromatic nitrogens is 2. The average molecular weight is 563 g/mol. The van der Waals surface area contributed by atoms with Gasteiger partial charge in [-0.25, -0.2) is 4.98 Å². The minimum atomic E-state index is -0.212. The number of amides is 1. The highest BCUT2D eigenvalue weighted by Gasteiger charge is 2.17. The number of carbonyl (C=O) groups is 1. The molecule has 36 heavy (non-hydrogen) atoms. The lowest BCUT2D eigenvalue weighted by molar-refractivity contribution is 0.0956. The van der Waals surface area contributed by atoms with Gasteiger partial charge in [-0.3, -0.25) is 9.69 Å². The Labute approximate surface area is 223 Å². The number of benzene rings is 2. The van der Waals surface area contributed by atoms with E-state index in [2.05, 4.69) is 55.1 Å². The number of aromatic amines is 1. The second-order valence-corrected chi connectivity index (χ2v) is 9.96. The molecule has 0 atom stereocenters. The van der Waals surface area contributed by atoms with Gasteiger partial charge in [-0.05, 0) is 42.8 Å².